The number of rotatable bonds is 14. The molecule has 0 radical (unpaired) electrons. The van der Waals surface area contributed by atoms with Gasteiger partial charge in [-0.15, -0.1) is 0 Å². The summed E-state index contributed by atoms with van der Waals surface area (Å²) in [5, 5.41) is 0.985. The third-order valence-corrected chi connectivity index (χ3v) is 4.05. The molecule has 5 heteroatoms. The minimum Gasteiger partial charge on any atom is -0.328 e. The van der Waals surface area contributed by atoms with Crippen LogP contribution in [0.1, 0.15) is 64.7 Å². The van der Waals surface area contributed by atoms with Crippen molar-refractivity contribution in [3.8, 4) is 0 Å². The highest BCUT2D eigenvalue weighted by atomic mass is 79.9. The molecule has 0 saturated carbocycles. The summed E-state index contributed by atoms with van der Waals surface area (Å²) in [7, 11) is -1.64. The fraction of sp³-hybridized carbons (Fsp3) is 1.00. The molecular weight excluding hydrogens is 315 g/mol. The highest BCUT2D eigenvalue weighted by Gasteiger charge is 2.05. The Morgan fingerprint density at radius 3 is 1.89 bits per heavy atom. The van der Waals surface area contributed by atoms with Crippen LogP contribution in [-0.2, 0) is 9.05 Å². The van der Waals surface area contributed by atoms with Crippen LogP contribution in [0.3, 0.4) is 0 Å². The molecule has 0 bridgehead atoms. The van der Waals surface area contributed by atoms with E-state index in [2.05, 4.69) is 22.9 Å². The second-order valence-electron chi connectivity index (χ2n) is 4.42. The van der Waals surface area contributed by atoms with Crippen LogP contribution in [-0.4, -0.2) is 23.4 Å². The van der Waals surface area contributed by atoms with Crippen molar-refractivity contribution in [3.05, 3.63) is 0 Å². The van der Waals surface area contributed by atoms with Crippen molar-refractivity contribution < 1.29 is 13.9 Å². The first-order valence-corrected chi connectivity index (χ1v) is 9.37. The van der Waals surface area contributed by atoms with Gasteiger partial charge >= 0.3 is 8.60 Å². The number of hydrogen-bond acceptors (Lipinski definition) is 3. The van der Waals surface area contributed by atoms with Crippen LogP contribution in [0.4, 0.5) is 0 Å². The Morgan fingerprint density at radius 2 is 1.33 bits per heavy atom. The Morgan fingerprint density at radius 1 is 0.833 bits per heavy atom. The molecular formula is C13H28BrO3P. The minimum atomic E-state index is -1.64. The van der Waals surface area contributed by atoms with E-state index in [4.69, 9.17) is 9.05 Å². The van der Waals surface area contributed by atoms with Gasteiger partial charge in [-0.2, -0.15) is 0 Å². The van der Waals surface area contributed by atoms with Gasteiger partial charge in [0.15, 0.2) is 0 Å². The molecule has 0 spiro atoms. The van der Waals surface area contributed by atoms with Crippen LogP contribution in [0, 0.1) is 0 Å². The fourth-order valence-corrected chi connectivity index (χ4v) is 2.62. The largest absolute Gasteiger partial charge is 0.329 e. The SMILES string of the molecule is CCCCCCCCCOP(O)OCCCCBr. The van der Waals surface area contributed by atoms with Gasteiger partial charge in [-0.05, 0) is 19.3 Å². The van der Waals surface area contributed by atoms with Crippen LogP contribution >= 0.6 is 24.5 Å². The average molecular weight is 343 g/mol. The zero-order valence-electron chi connectivity index (χ0n) is 11.6. The Hall–Kier alpha value is 0.790. The van der Waals surface area contributed by atoms with Crippen LogP contribution in [0.15, 0.2) is 0 Å². The fourth-order valence-electron chi connectivity index (χ4n) is 1.58. The Bertz CT molecular complexity index is 161. The van der Waals surface area contributed by atoms with Crippen molar-refractivity contribution in [3.63, 3.8) is 0 Å². The molecule has 0 aromatic heterocycles. The van der Waals surface area contributed by atoms with E-state index in [0.717, 1.165) is 24.6 Å². The Balaban J connectivity index is 3.08. The molecule has 0 aliphatic carbocycles. The van der Waals surface area contributed by atoms with Crippen LogP contribution in [0.25, 0.3) is 0 Å². The number of alkyl halides is 1. The third-order valence-electron chi connectivity index (χ3n) is 2.68. The molecule has 18 heavy (non-hydrogen) atoms. The standard InChI is InChI=1S/C13H28BrO3P/c1-2-3-4-5-6-7-9-12-16-18(15)17-13-10-8-11-14/h15H,2-13H2,1H3. The van der Waals surface area contributed by atoms with Crippen LogP contribution < -0.4 is 0 Å². The first kappa shape index (κ1) is 18.8. The molecule has 0 fully saturated rings. The summed E-state index contributed by atoms with van der Waals surface area (Å²) in [5.74, 6) is 0. The van der Waals surface area contributed by atoms with Crippen molar-refractivity contribution >= 4 is 24.5 Å². The summed E-state index contributed by atoms with van der Waals surface area (Å²) in [6.07, 6.45) is 10.8. The van der Waals surface area contributed by atoms with E-state index in [1.165, 1.54) is 38.5 Å². The normalized spacial score (nSPS) is 12.8. The molecule has 3 nitrogen and oxygen atoms in total. The maximum Gasteiger partial charge on any atom is 0.329 e. The summed E-state index contributed by atoms with van der Waals surface area (Å²) in [6, 6.07) is 0. The van der Waals surface area contributed by atoms with Crippen molar-refractivity contribution in [1.29, 1.82) is 0 Å². The monoisotopic (exact) mass is 342 g/mol. The van der Waals surface area contributed by atoms with E-state index < -0.39 is 8.60 Å². The zero-order valence-corrected chi connectivity index (χ0v) is 14.1. The van der Waals surface area contributed by atoms with E-state index in [1.807, 2.05) is 0 Å². The van der Waals surface area contributed by atoms with Gasteiger partial charge in [0.1, 0.15) is 0 Å². The third kappa shape index (κ3) is 14.8. The summed E-state index contributed by atoms with van der Waals surface area (Å²) in [4.78, 5) is 9.43. The van der Waals surface area contributed by atoms with Gasteiger partial charge in [-0.3, -0.25) is 0 Å². The van der Waals surface area contributed by atoms with Gasteiger partial charge < -0.3 is 13.9 Å². The smallest absolute Gasteiger partial charge is 0.328 e. The highest BCUT2D eigenvalue weighted by molar-refractivity contribution is 9.09. The Labute approximate surface area is 122 Å². The molecule has 0 heterocycles. The summed E-state index contributed by atoms with van der Waals surface area (Å²) < 4.78 is 10.4. The van der Waals surface area contributed by atoms with Gasteiger partial charge in [0.2, 0.25) is 0 Å². The molecule has 0 amide bonds. The predicted octanol–water partition coefficient (Wildman–Crippen LogP) is 5.16. The summed E-state index contributed by atoms with van der Waals surface area (Å²) >= 11 is 3.35. The van der Waals surface area contributed by atoms with Gasteiger partial charge in [0.25, 0.3) is 0 Å². The first-order valence-electron chi connectivity index (χ1n) is 7.12. The van der Waals surface area contributed by atoms with Gasteiger partial charge in [-0.1, -0.05) is 61.4 Å². The molecule has 0 saturated heterocycles. The number of hydrogen-bond donors (Lipinski definition) is 1. The number of unbranched alkanes of at least 4 members (excludes halogenated alkanes) is 7. The Kier molecular flexibility index (Phi) is 16.5. The predicted molar refractivity (Wildman–Crippen MR) is 82.1 cm³/mol. The van der Waals surface area contributed by atoms with E-state index in [9.17, 15) is 4.89 Å². The second-order valence-corrected chi connectivity index (χ2v) is 6.21. The van der Waals surface area contributed by atoms with Crippen molar-refractivity contribution in [2.24, 2.45) is 0 Å². The second kappa shape index (κ2) is 15.8. The molecule has 0 aliphatic rings. The maximum atomic E-state index is 9.43. The minimum absolute atomic E-state index is 0.588. The summed E-state index contributed by atoms with van der Waals surface area (Å²) in [6.45, 7) is 3.44. The molecule has 0 aromatic rings. The van der Waals surface area contributed by atoms with E-state index in [1.54, 1.807) is 0 Å². The van der Waals surface area contributed by atoms with Crippen molar-refractivity contribution in [2.45, 2.75) is 64.7 Å². The highest BCUT2D eigenvalue weighted by Crippen LogP contribution is 2.33. The van der Waals surface area contributed by atoms with Crippen molar-refractivity contribution in [1.82, 2.24) is 0 Å². The van der Waals surface area contributed by atoms with Gasteiger partial charge in [0.05, 0.1) is 13.2 Å². The maximum absolute atomic E-state index is 9.43. The topological polar surface area (TPSA) is 38.7 Å². The lowest BCUT2D eigenvalue weighted by atomic mass is 10.1. The molecule has 0 rings (SSSR count). The molecule has 1 unspecified atom stereocenters. The lowest BCUT2D eigenvalue weighted by molar-refractivity contribution is 0.195. The molecule has 0 aromatic carbocycles. The average Bonchev–Trinajstić information content (AvgIpc) is 2.38. The van der Waals surface area contributed by atoms with Crippen LogP contribution in [0.2, 0.25) is 0 Å². The first-order chi connectivity index (χ1) is 8.81. The molecule has 110 valence electrons. The van der Waals surface area contributed by atoms with Crippen LogP contribution in [0.5, 0.6) is 0 Å². The number of halogens is 1. The molecule has 1 atom stereocenters. The van der Waals surface area contributed by atoms with Crippen molar-refractivity contribution in [2.75, 3.05) is 18.5 Å². The van der Waals surface area contributed by atoms with E-state index >= 15 is 0 Å². The van der Waals surface area contributed by atoms with E-state index in [-0.39, 0.29) is 0 Å². The van der Waals surface area contributed by atoms with Gasteiger partial charge in [0, 0.05) is 5.33 Å². The lowest BCUT2D eigenvalue weighted by Gasteiger charge is -2.10. The molecule has 1 N–H and O–H groups in total. The molecule has 0 aliphatic heterocycles. The van der Waals surface area contributed by atoms with Gasteiger partial charge in [-0.25, -0.2) is 0 Å². The zero-order chi connectivity index (χ0) is 13.5. The quantitative estimate of drug-likeness (QED) is 0.269. The van der Waals surface area contributed by atoms with E-state index in [0.29, 0.717) is 13.2 Å². The summed E-state index contributed by atoms with van der Waals surface area (Å²) in [5.41, 5.74) is 0. The lowest BCUT2D eigenvalue weighted by Crippen LogP contribution is -1.95.